The van der Waals surface area contributed by atoms with Gasteiger partial charge in [-0.2, -0.15) is 0 Å². The molecule has 0 saturated heterocycles. The number of hydrogen-bond donors (Lipinski definition) is 4. The molecular formula is C10H12N6O. The number of H-pyrrole nitrogens is 1. The molecule has 88 valence electrons. The highest BCUT2D eigenvalue weighted by Crippen LogP contribution is 2.05. The molecule has 0 atom stereocenters. The third-order valence-electron chi connectivity index (χ3n) is 2.14. The van der Waals surface area contributed by atoms with E-state index in [4.69, 9.17) is 5.84 Å². The molecule has 0 aromatic carbocycles. The van der Waals surface area contributed by atoms with Crippen LogP contribution in [0.15, 0.2) is 30.7 Å². The van der Waals surface area contributed by atoms with Gasteiger partial charge in [-0.15, -0.1) is 0 Å². The number of carbonyl (C=O) groups is 1. The van der Waals surface area contributed by atoms with Gasteiger partial charge in [-0.1, -0.05) is 0 Å². The van der Waals surface area contributed by atoms with Gasteiger partial charge in [0.1, 0.15) is 11.6 Å². The molecule has 0 aliphatic rings. The van der Waals surface area contributed by atoms with E-state index in [0.717, 1.165) is 0 Å². The molecule has 0 radical (unpaired) electrons. The van der Waals surface area contributed by atoms with Crippen molar-refractivity contribution in [2.45, 2.75) is 6.54 Å². The van der Waals surface area contributed by atoms with Gasteiger partial charge in [0, 0.05) is 24.2 Å². The molecule has 0 aliphatic carbocycles. The lowest BCUT2D eigenvalue weighted by Crippen LogP contribution is -2.23. The van der Waals surface area contributed by atoms with Gasteiger partial charge in [-0.05, 0) is 12.1 Å². The highest BCUT2D eigenvalue weighted by atomic mass is 16.1. The minimum atomic E-state index is -0.208. The van der Waals surface area contributed by atoms with Crippen LogP contribution in [0.1, 0.15) is 16.2 Å². The van der Waals surface area contributed by atoms with Crippen LogP contribution in [0, 0.1) is 0 Å². The van der Waals surface area contributed by atoms with Gasteiger partial charge in [0.25, 0.3) is 5.91 Å². The van der Waals surface area contributed by atoms with Crippen LogP contribution >= 0.6 is 0 Å². The first kappa shape index (κ1) is 11.1. The number of amides is 1. The average molecular weight is 232 g/mol. The summed E-state index contributed by atoms with van der Waals surface area (Å²) < 4.78 is 0. The summed E-state index contributed by atoms with van der Waals surface area (Å²) in [5, 5.41) is 2.72. The molecule has 17 heavy (non-hydrogen) atoms. The second-order valence-corrected chi connectivity index (χ2v) is 3.29. The Morgan fingerprint density at radius 3 is 3.00 bits per heavy atom. The van der Waals surface area contributed by atoms with Gasteiger partial charge in [0.15, 0.2) is 0 Å². The van der Waals surface area contributed by atoms with Crippen molar-refractivity contribution in [3.63, 3.8) is 0 Å². The minimum Gasteiger partial charge on any atom is -0.347 e. The van der Waals surface area contributed by atoms with E-state index >= 15 is 0 Å². The van der Waals surface area contributed by atoms with Crippen LogP contribution in [-0.4, -0.2) is 20.9 Å². The summed E-state index contributed by atoms with van der Waals surface area (Å²) in [5.74, 6) is 6.14. The van der Waals surface area contributed by atoms with Crippen molar-refractivity contribution in [1.82, 2.24) is 20.3 Å². The maximum atomic E-state index is 11.8. The van der Waals surface area contributed by atoms with Gasteiger partial charge >= 0.3 is 0 Å². The number of hydrazine groups is 1. The Morgan fingerprint density at radius 2 is 2.29 bits per heavy atom. The Bertz CT molecular complexity index is 495. The number of aromatic amines is 1. The fraction of sp³-hybridized carbons (Fsp3) is 0.100. The van der Waals surface area contributed by atoms with Crippen molar-refractivity contribution in [3.05, 3.63) is 42.1 Å². The van der Waals surface area contributed by atoms with E-state index in [2.05, 4.69) is 25.7 Å². The topological polar surface area (TPSA) is 109 Å². The van der Waals surface area contributed by atoms with Gasteiger partial charge < -0.3 is 15.7 Å². The number of rotatable bonds is 4. The molecule has 5 N–H and O–H groups in total. The summed E-state index contributed by atoms with van der Waals surface area (Å²) in [4.78, 5) is 22.6. The third-order valence-corrected chi connectivity index (χ3v) is 2.14. The van der Waals surface area contributed by atoms with Crippen LogP contribution in [0.4, 0.5) is 5.82 Å². The molecule has 1 amide bonds. The van der Waals surface area contributed by atoms with Crippen molar-refractivity contribution >= 4 is 11.7 Å². The number of aromatic nitrogens is 3. The van der Waals surface area contributed by atoms with E-state index in [9.17, 15) is 4.79 Å². The van der Waals surface area contributed by atoms with Crippen molar-refractivity contribution < 1.29 is 4.79 Å². The van der Waals surface area contributed by atoms with Gasteiger partial charge in [-0.3, -0.25) is 4.79 Å². The molecule has 7 nitrogen and oxygen atoms in total. The fourth-order valence-electron chi connectivity index (χ4n) is 1.31. The van der Waals surface area contributed by atoms with Crippen LogP contribution in [-0.2, 0) is 6.54 Å². The monoisotopic (exact) mass is 232 g/mol. The molecule has 0 fully saturated rings. The average Bonchev–Trinajstić information content (AvgIpc) is 2.89. The quantitative estimate of drug-likeness (QED) is 0.439. The normalized spacial score (nSPS) is 9.94. The third kappa shape index (κ3) is 2.79. The summed E-state index contributed by atoms with van der Waals surface area (Å²) in [6.45, 7) is 0.347. The minimum absolute atomic E-state index is 0.208. The molecule has 2 aromatic rings. The van der Waals surface area contributed by atoms with Crippen molar-refractivity contribution in [2.75, 3.05) is 5.43 Å². The molecule has 2 rings (SSSR count). The standard InChI is InChI=1S/C10H12N6O/c11-16-8-5-7(1-2-12-8)10(17)15-6-9-13-3-4-14-9/h1-5H,6,11H2,(H,12,16)(H,13,14)(H,15,17). The van der Waals surface area contributed by atoms with Crippen LogP contribution in [0.25, 0.3) is 0 Å². The summed E-state index contributed by atoms with van der Waals surface area (Å²) in [7, 11) is 0. The van der Waals surface area contributed by atoms with Crippen LogP contribution in [0.3, 0.4) is 0 Å². The fourth-order valence-corrected chi connectivity index (χ4v) is 1.31. The van der Waals surface area contributed by atoms with Gasteiger partial charge in [0.2, 0.25) is 0 Å². The molecule has 0 saturated carbocycles. The number of imidazole rings is 1. The first-order valence-electron chi connectivity index (χ1n) is 4.98. The molecular weight excluding hydrogens is 220 g/mol. The van der Waals surface area contributed by atoms with Gasteiger partial charge in [0.05, 0.1) is 6.54 Å². The Kier molecular flexibility index (Phi) is 3.31. The van der Waals surface area contributed by atoms with Crippen molar-refractivity contribution in [1.29, 1.82) is 0 Å². The van der Waals surface area contributed by atoms with E-state index in [0.29, 0.717) is 23.8 Å². The first-order valence-corrected chi connectivity index (χ1v) is 4.98. The highest BCUT2D eigenvalue weighted by Gasteiger charge is 2.06. The number of hydrogen-bond acceptors (Lipinski definition) is 5. The summed E-state index contributed by atoms with van der Waals surface area (Å²) >= 11 is 0. The Balaban J connectivity index is 1.99. The second kappa shape index (κ2) is 5.08. The largest absolute Gasteiger partial charge is 0.347 e. The van der Waals surface area contributed by atoms with E-state index in [1.807, 2.05) is 0 Å². The number of nitrogens with one attached hydrogen (secondary N) is 3. The SMILES string of the molecule is NNc1cc(C(=O)NCc2ncc[nH]2)ccn1. The molecule has 0 unspecified atom stereocenters. The lowest BCUT2D eigenvalue weighted by Gasteiger charge is -2.04. The van der Waals surface area contributed by atoms with Crippen LogP contribution in [0.5, 0.6) is 0 Å². The Morgan fingerprint density at radius 1 is 1.41 bits per heavy atom. The molecule has 7 heteroatoms. The maximum absolute atomic E-state index is 11.8. The van der Waals surface area contributed by atoms with Crippen molar-refractivity contribution in [2.24, 2.45) is 5.84 Å². The second-order valence-electron chi connectivity index (χ2n) is 3.29. The van der Waals surface area contributed by atoms with Gasteiger partial charge in [-0.25, -0.2) is 15.8 Å². The number of carbonyl (C=O) groups excluding carboxylic acids is 1. The lowest BCUT2D eigenvalue weighted by molar-refractivity contribution is 0.0950. The number of nitrogen functional groups attached to an aromatic ring is 1. The maximum Gasteiger partial charge on any atom is 0.251 e. The number of pyridine rings is 1. The highest BCUT2D eigenvalue weighted by molar-refractivity contribution is 5.94. The van der Waals surface area contributed by atoms with E-state index < -0.39 is 0 Å². The number of nitrogens with two attached hydrogens (primary N) is 1. The summed E-state index contributed by atoms with van der Waals surface area (Å²) in [6.07, 6.45) is 4.84. The zero-order chi connectivity index (χ0) is 12.1. The molecule has 0 spiro atoms. The predicted octanol–water partition coefficient (Wildman–Crippen LogP) is 0.0203. The molecule has 2 heterocycles. The first-order chi connectivity index (χ1) is 8.29. The van der Waals surface area contributed by atoms with Crippen molar-refractivity contribution in [3.8, 4) is 0 Å². The van der Waals surface area contributed by atoms with E-state index in [1.165, 1.54) is 6.20 Å². The lowest BCUT2D eigenvalue weighted by atomic mass is 10.2. The zero-order valence-electron chi connectivity index (χ0n) is 8.97. The van der Waals surface area contributed by atoms with Crippen LogP contribution in [0.2, 0.25) is 0 Å². The number of anilines is 1. The van der Waals surface area contributed by atoms with Crippen LogP contribution < -0.4 is 16.6 Å². The molecule has 0 bridgehead atoms. The molecule has 0 aliphatic heterocycles. The van der Waals surface area contributed by atoms with E-state index in [1.54, 1.807) is 24.5 Å². The summed E-state index contributed by atoms with van der Waals surface area (Å²) in [5.41, 5.74) is 2.87. The molecule has 2 aromatic heterocycles. The predicted molar refractivity (Wildman–Crippen MR) is 61.8 cm³/mol. The Labute approximate surface area is 97.4 Å². The smallest absolute Gasteiger partial charge is 0.251 e. The summed E-state index contributed by atoms with van der Waals surface area (Å²) in [6, 6.07) is 3.18. The Hall–Kier alpha value is -2.41. The zero-order valence-corrected chi connectivity index (χ0v) is 8.97. The number of nitrogens with zero attached hydrogens (tertiary/aromatic N) is 2. The van der Waals surface area contributed by atoms with E-state index in [-0.39, 0.29) is 5.91 Å².